The molecule has 3 heterocycles. The second-order valence-electron chi connectivity index (χ2n) is 3.13. The number of H-pyrrole nitrogens is 2. The molecule has 11 heteroatoms. The van der Waals surface area contributed by atoms with Crippen molar-refractivity contribution in [1.82, 2.24) is 40.6 Å². The van der Waals surface area contributed by atoms with Crippen molar-refractivity contribution in [2.24, 2.45) is 0 Å². The number of amides is 1. The van der Waals surface area contributed by atoms with Gasteiger partial charge in [-0.1, -0.05) is 11.6 Å². The summed E-state index contributed by atoms with van der Waals surface area (Å²) in [5, 5.41) is 15.0. The van der Waals surface area contributed by atoms with Crippen LogP contribution in [0.4, 0.5) is 5.95 Å². The van der Waals surface area contributed by atoms with Gasteiger partial charge in [-0.25, -0.2) is 4.98 Å². The molecule has 0 fully saturated rings. The van der Waals surface area contributed by atoms with Crippen molar-refractivity contribution in [3.8, 4) is 0 Å². The highest BCUT2D eigenvalue weighted by molar-refractivity contribution is 6.33. The predicted molar refractivity (Wildman–Crippen MR) is 58.8 cm³/mol. The van der Waals surface area contributed by atoms with Gasteiger partial charge in [0.25, 0.3) is 11.7 Å². The highest BCUT2D eigenvalue weighted by Gasteiger charge is 2.14. The lowest BCUT2D eigenvalue weighted by Gasteiger charge is -2.00. The number of aromatic nitrogens is 8. The van der Waals surface area contributed by atoms with Gasteiger partial charge in [0, 0.05) is 0 Å². The molecule has 3 rings (SSSR count). The first-order valence-corrected chi connectivity index (χ1v) is 5.03. The Balaban J connectivity index is 1.93. The van der Waals surface area contributed by atoms with E-state index in [9.17, 15) is 4.79 Å². The number of carbonyl (C=O) groups is 1. The maximum absolute atomic E-state index is 11.6. The van der Waals surface area contributed by atoms with Gasteiger partial charge in [-0.2, -0.15) is 15.2 Å². The molecule has 0 aliphatic rings. The Morgan fingerprint density at radius 2 is 2.28 bits per heavy atom. The summed E-state index contributed by atoms with van der Waals surface area (Å²) < 4.78 is 0. The summed E-state index contributed by atoms with van der Waals surface area (Å²) in [7, 11) is 0. The van der Waals surface area contributed by atoms with Crippen molar-refractivity contribution >= 4 is 34.6 Å². The van der Waals surface area contributed by atoms with Crippen LogP contribution in [0.15, 0.2) is 6.33 Å². The van der Waals surface area contributed by atoms with E-state index in [1.165, 1.54) is 6.33 Å². The molecule has 0 aliphatic carbocycles. The number of aromatic amines is 2. The van der Waals surface area contributed by atoms with E-state index < -0.39 is 5.91 Å². The molecule has 0 saturated carbocycles. The molecule has 0 spiro atoms. The lowest BCUT2D eigenvalue weighted by molar-refractivity contribution is 0.101. The molecule has 3 N–H and O–H groups in total. The Kier molecular flexibility index (Phi) is 2.34. The summed E-state index contributed by atoms with van der Waals surface area (Å²) in [6.45, 7) is 0. The van der Waals surface area contributed by atoms with E-state index in [-0.39, 0.29) is 16.9 Å². The summed E-state index contributed by atoms with van der Waals surface area (Å²) in [4.78, 5) is 26.2. The molecule has 18 heavy (non-hydrogen) atoms. The highest BCUT2D eigenvalue weighted by atomic mass is 35.5. The highest BCUT2D eigenvalue weighted by Crippen LogP contribution is 2.18. The van der Waals surface area contributed by atoms with Gasteiger partial charge in [0.15, 0.2) is 10.8 Å². The van der Waals surface area contributed by atoms with Gasteiger partial charge in [-0.05, 0) is 5.21 Å². The van der Waals surface area contributed by atoms with Crippen LogP contribution in [0.25, 0.3) is 11.2 Å². The minimum atomic E-state index is -0.602. The molecular formula is C7H4ClN9O. The van der Waals surface area contributed by atoms with Crippen LogP contribution in [0.2, 0.25) is 5.15 Å². The third kappa shape index (κ3) is 1.73. The lowest BCUT2D eigenvalue weighted by atomic mass is 10.5. The van der Waals surface area contributed by atoms with Crippen LogP contribution in [0.5, 0.6) is 0 Å². The number of hydrogen-bond acceptors (Lipinski definition) is 7. The van der Waals surface area contributed by atoms with E-state index in [1.807, 2.05) is 0 Å². The van der Waals surface area contributed by atoms with Gasteiger partial charge < -0.3 is 4.98 Å². The summed E-state index contributed by atoms with van der Waals surface area (Å²) in [6.07, 6.45) is 1.43. The third-order valence-electron chi connectivity index (χ3n) is 2.02. The maximum atomic E-state index is 11.6. The predicted octanol–water partition coefficient (Wildman–Crippen LogP) is -0.228. The van der Waals surface area contributed by atoms with E-state index in [4.69, 9.17) is 11.6 Å². The number of nitrogens with one attached hydrogen (secondary N) is 3. The number of tetrazole rings is 1. The fourth-order valence-electron chi connectivity index (χ4n) is 1.27. The first-order valence-electron chi connectivity index (χ1n) is 4.65. The minimum Gasteiger partial charge on any atom is -0.341 e. The van der Waals surface area contributed by atoms with Crippen molar-refractivity contribution in [2.75, 3.05) is 5.32 Å². The van der Waals surface area contributed by atoms with Crippen molar-refractivity contribution in [2.45, 2.75) is 0 Å². The molecule has 0 bridgehead atoms. The van der Waals surface area contributed by atoms with E-state index >= 15 is 0 Å². The number of hydrogen-bond donors (Lipinski definition) is 3. The first kappa shape index (κ1) is 10.5. The summed E-state index contributed by atoms with van der Waals surface area (Å²) >= 11 is 5.89. The van der Waals surface area contributed by atoms with Gasteiger partial charge in [0.05, 0.1) is 6.33 Å². The topological polar surface area (TPSA) is 138 Å². The van der Waals surface area contributed by atoms with Crippen LogP contribution >= 0.6 is 11.6 Å². The van der Waals surface area contributed by atoms with Gasteiger partial charge in [-0.3, -0.25) is 10.1 Å². The summed E-state index contributed by atoms with van der Waals surface area (Å²) in [5.41, 5.74) is 0.840. The number of imidazole rings is 1. The number of carbonyl (C=O) groups excluding carboxylic acids is 1. The number of rotatable bonds is 2. The second-order valence-corrected chi connectivity index (χ2v) is 3.49. The van der Waals surface area contributed by atoms with Crippen molar-refractivity contribution in [1.29, 1.82) is 0 Å². The van der Waals surface area contributed by atoms with E-state index in [0.29, 0.717) is 11.2 Å². The molecule has 3 aromatic heterocycles. The molecule has 0 aliphatic heterocycles. The third-order valence-corrected chi connectivity index (χ3v) is 2.29. The standard InChI is InChI=1S/C7H4ClN9O/c8-3-2-4(10-1-9-2)12-7(11-3)13-6(18)5-14-16-17-15-5/h1H,(H,14,15,16,17)(H2,9,10,11,12,13,18). The Bertz CT molecular complexity index is 705. The average Bonchev–Trinajstić information content (AvgIpc) is 2.99. The second kappa shape index (κ2) is 4.00. The summed E-state index contributed by atoms with van der Waals surface area (Å²) in [5.74, 6) is -0.721. The van der Waals surface area contributed by atoms with Crippen molar-refractivity contribution in [3.05, 3.63) is 17.3 Å². The lowest BCUT2D eigenvalue weighted by Crippen LogP contribution is -2.16. The Hall–Kier alpha value is -2.62. The smallest absolute Gasteiger partial charge is 0.299 e. The average molecular weight is 266 g/mol. The summed E-state index contributed by atoms with van der Waals surface area (Å²) in [6, 6.07) is 0. The number of nitrogens with zero attached hydrogens (tertiary/aromatic N) is 6. The number of halogens is 1. The quantitative estimate of drug-likeness (QED) is 0.544. The Morgan fingerprint density at radius 3 is 3.06 bits per heavy atom. The Labute approximate surface area is 103 Å². The number of fused-ring (bicyclic) bond motifs is 1. The zero-order valence-electron chi connectivity index (χ0n) is 8.55. The molecule has 90 valence electrons. The van der Waals surface area contributed by atoms with E-state index in [1.54, 1.807) is 0 Å². The van der Waals surface area contributed by atoms with Crippen molar-refractivity contribution < 1.29 is 4.79 Å². The van der Waals surface area contributed by atoms with Crippen LogP contribution in [0.1, 0.15) is 10.6 Å². The molecule has 1 amide bonds. The zero-order chi connectivity index (χ0) is 12.5. The number of anilines is 1. The van der Waals surface area contributed by atoms with E-state index in [0.717, 1.165) is 0 Å². The van der Waals surface area contributed by atoms with Gasteiger partial charge in [0.2, 0.25) is 5.95 Å². The SMILES string of the molecule is O=C(Nc1nc(Cl)c2[nH]cnc2n1)c1nn[nH]n1. The van der Waals surface area contributed by atoms with Gasteiger partial charge in [0.1, 0.15) is 5.52 Å². The van der Waals surface area contributed by atoms with Crippen LogP contribution in [-0.4, -0.2) is 46.5 Å². The molecule has 0 saturated heterocycles. The molecule has 0 radical (unpaired) electrons. The molecule has 0 aromatic carbocycles. The molecule has 0 atom stereocenters. The molecular weight excluding hydrogens is 262 g/mol. The maximum Gasteiger partial charge on any atom is 0.299 e. The monoisotopic (exact) mass is 265 g/mol. The van der Waals surface area contributed by atoms with Crippen LogP contribution in [0.3, 0.4) is 0 Å². The van der Waals surface area contributed by atoms with Gasteiger partial charge >= 0.3 is 0 Å². The van der Waals surface area contributed by atoms with Crippen LogP contribution in [0, 0.1) is 0 Å². The molecule has 3 aromatic rings. The van der Waals surface area contributed by atoms with Crippen LogP contribution in [-0.2, 0) is 0 Å². The molecule has 0 unspecified atom stereocenters. The van der Waals surface area contributed by atoms with Crippen LogP contribution < -0.4 is 5.32 Å². The van der Waals surface area contributed by atoms with Crippen molar-refractivity contribution in [3.63, 3.8) is 0 Å². The van der Waals surface area contributed by atoms with Gasteiger partial charge in [-0.15, -0.1) is 10.2 Å². The van der Waals surface area contributed by atoms with E-state index in [2.05, 4.69) is 45.9 Å². The first-order chi connectivity index (χ1) is 8.74. The Morgan fingerprint density at radius 1 is 1.39 bits per heavy atom. The normalized spacial score (nSPS) is 10.7. The largest absolute Gasteiger partial charge is 0.341 e. The molecule has 10 nitrogen and oxygen atoms in total. The minimum absolute atomic E-state index is 0.00870. The fourth-order valence-corrected chi connectivity index (χ4v) is 1.49. The fraction of sp³-hybridized carbons (Fsp3) is 0. The zero-order valence-corrected chi connectivity index (χ0v) is 9.30.